The van der Waals surface area contributed by atoms with E-state index in [4.69, 9.17) is 5.73 Å². The largest absolute Gasteiger partial charge is 0.396 e. The van der Waals surface area contributed by atoms with Crippen LogP contribution in [-0.2, 0) is 14.8 Å². The summed E-state index contributed by atoms with van der Waals surface area (Å²) in [6, 6.07) is 14.1. The van der Waals surface area contributed by atoms with Crippen molar-refractivity contribution >= 4 is 38.5 Å². The van der Waals surface area contributed by atoms with E-state index in [2.05, 4.69) is 10.3 Å². The number of halogens is 1. The first kappa shape index (κ1) is 21.1. The molecular weight excluding hydrogens is 443 g/mol. The van der Waals surface area contributed by atoms with Gasteiger partial charge in [-0.1, -0.05) is 23.8 Å². The molecule has 9 heteroatoms. The molecule has 33 heavy (non-hydrogen) atoms. The lowest BCUT2D eigenvalue weighted by atomic mass is 10.0. The summed E-state index contributed by atoms with van der Waals surface area (Å²) in [5, 5.41) is 3.27. The lowest BCUT2D eigenvalue weighted by Gasteiger charge is -2.12. The lowest BCUT2D eigenvalue weighted by molar-refractivity contribution is -0.117. The number of pyridine rings is 1. The molecule has 0 unspecified atom stereocenters. The van der Waals surface area contributed by atoms with Crippen LogP contribution in [0, 0.1) is 18.7 Å². The molecule has 1 aliphatic rings. The Hall–Kier alpha value is -3.72. The molecule has 0 saturated heterocycles. The minimum atomic E-state index is -3.95. The van der Waals surface area contributed by atoms with Crippen molar-refractivity contribution in [2.75, 3.05) is 11.1 Å². The number of hydrogen-bond acceptors (Lipinski definition) is 5. The summed E-state index contributed by atoms with van der Waals surface area (Å²) in [6.45, 7) is 1.87. The number of hydrogen-bond donors (Lipinski definition) is 2. The van der Waals surface area contributed by atoms with Crippen LogP contribution in [0.5, 0.6) is 0 Å². The van der Waals surface area contributed by atoms with Crippen LogP contribution in [-0.4, -0.2) is 23.3 Å². The van der Waals surface area contributed by atoms with Crippen LogP contribution in [0.4, 0.5) is 15.9 Å². The Bertz CT molecular complexity index is 1510. The van der Waals surface area contributed by atoms with Gasteiger partial charge in [0.2, 0.25) is 5.91 Å². The van der Waals surface area contributed by atoms with Gasteiger partial charge in [0.25, 0.3) is 10.0 Å². The van der Waals surface area contributed by atoms with Gasteiger partial charge in [0.05, 0.1) is 10.6 Å². The molecule has 7 nitrogen and oxygen atoms in total. The van der Waals surface area contributed by atoms with Crippen LogP contribution in [0.25, 0.3) is 22.2 Å². The summed E-state index contributed by atoms with van der Waals surface area (Å²) >= 11 is 0. The van der Waals surface area contributed by atoms with E-state index in [0.29, 0.717) is 16.5 Å². The third-order valence-corrected chi connectivity index (χ3v) is 7.39. The Morgan fingerprint density at radius 1 is 1.12 bits per heavy atom. The lowest BCUT2D eigenvalue weighted by Crippen LogP contribution is -2.16. The van der Waals surface area contributed by atoms with E-state index < -0.39 is 15.8 Å². The molecule has 0 aliphatic heterocycles. The second kappa shape index (κ2) is 7.70. The van der Waals surface area contributed by atoms with E-state index >= 15 is 0 Å². The van der Waals surface area contributed by atoms with E-state index in [-0.39, 0.29) is 33.9 Å². The molecule has 0 radical (unpaired) electrons. The molecule has 2 aromatic carbocycles. The average Bonchev–Trinajstić information content (AvgIpc) is 3.55. The molecule has 2 heterocycles. The smallest absolute Gasteiger partial charge is 0.269 e. The van der Waals surface area contributed by atoms with Gasteiger partial charge < -0.3 is 11.1 Å². The number of rotatable bonds is 5. The summed E-state index contributed by atoms with van der Waals surface area (Å²) in [7, 11) is -3.95. The minimum Gasteiger partial charge on any atom is -0.396 e. The maximum atomic E-state index is 14.2. The predicted octanol–water partition coefficient (Wildman–Crippen LogP) is 4.32. The number of nitrogen functional groups attached to an aromatic ring is 1. The summed E-state index contributed by atoms with van der Waals surface area (Å²) < 4.78 is 42.1. The van der Waals surface area contributed by atoms with Crippen LogP contribution in [0.3, 0.4) is 0 Å². The molecule has 1 saturated carbocycles. The molecule has 168 valence electrons. The molecule has 0 spiro atoms. The fourth-order valence-electron chi connectivity index (χ4n) is 3.68. The molecule has 1 aliphatic carbocycles. The van der Waals surface area contributed by atoms with Crippen molar-refractivity contribution in [2.24, 2.45) is 5.92 Å². The van der Waals surface area contributed by atoms with Crippen LogP contribution in [0.2, 0.25) is 0 Å². The van der Waals surface area contributed by atoms with Crippen molar-refractivity contribution in [1.29, 1.82) is 0 Å². The Kier molecular flexibility index (Phi) is 4.93. The zero-order valence-corrected chi connectivity index (χ0v) is 18.6. The maximum Gasteiger partial charge on any atom is 0.269 e. The van der Waals surface area contributed by atoms with Gasteiger partial charge in [0.1, 0.15) is 11.6 Å². The van der Waals surface area contributed by atoms with Crippen LogP contribution in [0.15, 0.2) is 65.7 Å². The first-order valence-corrected chi connectivity index (χ1v) is 11.9. The van der Waals surface area contributed by atoms with Crippen LogP contribution in [0.1, 0.15) is 18.4 Å². The third-order valence-electron chi connectivity index (χ3n) is 5.71. The molecule has 2 aromatic heterocycles. The number of aryl methyl sites for hydroxylation is 1. The summed E-state index contributed by atoms with van der Waals surface area (Å²) in [4.78, 5) is 16.9. The van der Waals surface area contributed by atoms with Crippen molar-refractivity contribution in [3.63, 3.8) is 0 Å². The van der Waals surface area contributed by atoms with Gasteiger partial charge in [-0.3, -0.25) is 4.79 Å². The topological polar surface area (TPSA) is 107 Å². The van der Waals surface area contributed by atoms with Gasteiger partial charge in [-0.2, -0.15) is 0 Å². The van der Waals surface area contributed by atoms with Crippen molar-refractivity contribution in [3.05, 3.63) is 72.2 Å². The number of anilines is 2. The van der Waals surface area contributed by atoms with Crippen molar-refractivity contribution in [3.8, 4) is 11.1 Å². The third kappa shape index (κ3) is 3.84. The Morgan fingerprint density at radius 3 is 2.52 bits per heavy atom. The molecule has 1 fully saturated rings. The highest BCUT2D eigenvalue weighted by molar-refractivity contribution is 7.90. The molecule has 0 bridgehead atoms. The van der Waals surface area contributed by atoms with Crippen molar-refractivity contribution in [1.82, 2.24) is 8.96 Å². The highest BCUT2D eigenvalue weighted by Gasteiger charge is 2.30. The molecule has 3 N–H and O–H groups in total. The predicted molar refractivity (Wildman–Crippen MR) is 125 cm³/mol. The monoisotopic (exact) mass is 464 g/mol. The van der Waals surface area contributed by atoms with Gasteiger partial charge in [0, 0.05) is 17.5 Å². The zero-order valence-electron chi connectivity index (χ0n) is 17.7. The number of carbonyl (C=O) groups excluding carboxylic acids is 1. The van der Waals surface area contributed by atoms with Crippen molar-refractivity contribution in [2.45, 2.75) is 24.7 Å². The van der Waals surface area contributed by atoms with Gasteiger partial charge in [-0.15, -0.1) is 0 Å². The van der Waals surface area contributed by atoms with E-state index in [1.165, 1.54) is 30.5 Å². The van der Waals surface area contributed by atoms with Gasteiger partial charge in [-0.05, 0) is 67.3 Å². The quantitative estimate of drug-likeness (QED) is 0.428. The first-order valence-electron chi connectivity index (χ1n) is 10.4. The fraction of sp³-hybridized carbons (Fsp3) is 0.167. The Labute approximate surface area is 190 Å². The number of aromatic nitrogens is 2. The first-order chi connectivity index (χ1) is 15.7. The molecule has 4 aromatic rings. The Balaban J connectivity index is 1.71. The number of nitrogens with zero attached hydrogens (tertiary/aromatic N) is 2. The highest BCUT2D eigenvalue weighted by atomic mass is 32.2. The number of amides is 1. The molecule has 0 atom stereocenters. The zero-order chi connectivity index (χ0) is 23.3. The Morgan fingerprint density at radius 2 is 1.85 bits per heavy atom. The number of nitrogens with two attached hydrogens (primary N) is 1. The second-order valence-corrected chi connectivity index (χ2v) is 10.0. The average molecular weight is 465 g/mol. The summed E-state index contributed by atoms with van der Waals surface area (Å²) in [5.74, 6) is -0.628. The van der Waals surface area contributed by atoms with E-state index in [0.717, 1.165) is 22.4 Å². The number of fused-ring (bicyclic) bond motifs is 1. The van der Waals surface area contributed by atoms with Gasteiger partial charge in [0.15, 0.2) is 5.65 Å². The van der Waals surface area contributed by atoms with Gasteiger partial charge in [-0.25, -0.2) is 21.8 Å². The van der Waals surface area contributed by atoms with E-state index in [1.807, 2.05) is 6.92 Å². The summed E-state index contributed by atoms with van der Waals surface area (Å²) in [6.07, 6.45) is 3.03. The van der Waals surface area contributed by atoms with E-state index in [1.54, 1.807) is 30.3 Å². The molecule has 1 amide bonds. The number of carbonyl (C=O) groups is 1. The normalized spacial score (nSPS) is 13.9. The second-order valence-electron chi connectivity index (χ2n) is 8.22. The number of nitrogens with one attached hydrogen (secondary N) is 1. The molecular formula is C24H21FN4O3S. The van der Waals surface area contributed by atoms with Crippen LogP contribution >= 0.6 is 0 Å². The maximum absolute atomic E-state index is 14.2. The standard InChI is InChI=1S/C24H21FN4O3S/c1-14-2-7-17(8-3-14)33(31,32)29-11-10-18-19(16-6-9-21(26)20(25)12-16)13-22(27-23(18)29)28-24(30)15-4-5-15/h2-3,6-13,15H,4-5,26H2,1H3,(H,27,28,30). The fourth-order valence-corrected chi connectivity index (χ4v) is 4.97. The van der Waals surface area contributed by atoms with E-state index in [9.17, 15) is 17.6 Å². The highest BCUT2D eigenvalue weighted by Crippen LogP contribution is 2.35. The molecule has 5 rings (SSSR count). The minimum absolute atomic E-state index is 0.00540. The summed E-state index contributed by atoms with van der Waals surface area (Å²) in [5.41, 5.74) is 7.72. The SMILES string of the molecule is Cc1ccc(S(=O)(=O)n2ccc3c(-c4ccc(N)c(F)c4)cc(NC(=O)C4CC4)nc32)cc1. The van der Waals surface area contributed by atoms with Crippen LogP contribution < -0.4 is 11.1 Å². The number of benzene rings is 2. The van der Waals surface area contributed by atoms with Gasteiger partial charge >= 0.3 is 0 Å². The van der Waals surface area contributed by atoms with Crippen molar-refractivity contribution < 1.29 is 17.6 Å².